The Hall–Kier alpha value is -1.62. The van der Waals surface area contributed by atoms with Crippen molar-refractivity contribution in [1.82, 2.24) is 10.3 Å². The van der Waals surface area contributed by atoms with Crippen LogP contribution >= 0.6 is 0 Å². The minimum atomic E-state index is -0.000756. The van der Waals surface area contributed by atoms with Crippen LogP contribution in [-0.4, -0.2) is 43.7 Å². The summed E-state index contributed by atoms with van der Waals surface area (Å²) in [5, 5.41) is 3.07. The molecule has 3 aliphatic rings. The average molecular weight is 329 g/mol. The number of amides is 1. The van der Waals surface area contributed by atoms with Crippen LogP contribution in [0.4, 0.5) is 5.82 Å². The summed E-state index contributed by atoms with van der Waals surface area (Å²) >= 11 is 0. The van der Waals surface area contributed by atoms with Gasteiger partial charge in [-0.1, -0.05) is 6.42 Å². The highest BCUT2D eigenvalue weighted by atomic mass is 16.5. The van der Waals surface area contributed by atoms with Gasteiger partial charge < -0.3 is 15.0 Å². The topological polar surface area (TPSA) is 54.5 Å². The van der Waals surface area contributed by atoms with Crippen molar-refractivity contribution in [2.75, 3.05) is 37.7 Å². The number of nitrogens with zero attached hydrogens (tertiary/aromatic N) is 2. The van der Waals surface area contributed by atoms with Gasteiger partial charge in [0.05, 0.1) is 18.8 Å². The zero-order chi connectivity index (χ0) is 16.4. The van der Waals surface area contributed by atoms with Crippen molar-refractivity contribution in [3.63, 3.8) is 0 Å². The van der Waals surface area contributed by atoms with Crippen molar-refractivity contribution in [1.29, 1.82) is 0 Å². The normalized spacial score (nSPS) is 29.0. The second-order valence-electron chi connectivity index (χ2n) is 7.48. The molecule has 0 aromatic carbocycles. The first kappa shape index (κ1) is 15.9. The number of carbonyl (C=O) groups is 1. The molecule has 5 nitrogen and oxygen atoms in total. The smallest absolute Gasteiger partial charge is 0.252 e. The molecule has 2 heterocycles. The quantitative estimate of drug-likeness (QED) is 0.902. The van der Waals surface area contributed by atoms with E-state index in [2.05, 4.69) is 15.2 Å². The van der Waals surface area contributed by atoms with Gasteiger partial charge in [-0.25, -0.2) is 4.98 Å². The van der Waals surface area contributed by atoms with Crippen LogP contribution < -0.4 is 10.2 Å². The fourth-order valence-electron chi connectivity index (χ4n) is 4.70. The van der Waals surface area contributed by atoms with Crippen molar-refractivity contribution >= 4 is 11.7 Å². The molecule has 1 aromatic heterocycles. The van der Waals surface area contributed by atoms with E-state index in [4.69, 9.17) is 4.74 Å². The lowest BCUT2D eigenvalue weighted by Crippen LogP contribution is -2.36. The molecule has 1 N–H and O–H groups in total. The third-order valence-electron chi connectivity index (χ3n) is 6.03. The predicted octanol–water partition coefficient (Wildman–Crippen LogP) is 2.47. The molecule has 0 spiro atoms. The van der Waals surface area contributed by atoms with Gasteiger partial charge in [-0.05, 0) is 55.6 Å². The van der Waals surface area contributed by atoms with Gasteiger partial charge in [0.1, 0.15) is 5.82 Å². The lowest BCUT2D eigenvalue weighted by Gasteiger charge is -2.27. The van der Waals surface area contributed by atoms with E-state index in [0.29, 0.717) is 5.56 Å². The Balaban J connectivity index is 1.25. The van der Waals surface area contributed by atoms with Crippen molar-refractivity contribution < 1.29 is 9.53 Å². The van der Waals surface area contributed by atoms with Crippen LogP contribution in [0.1, 0.15) is 42.5 Å². The molecule has 2 bridgehead atoms. The summed E-state index contributed by atoms with van der Waals surface area (Å²) in [7, 11) is 0. The minimum Gasteiger partial charge on any atom is -0.378 e. The van der Waals surface area contributed by atoms with Crippen LogP contribution in [0.3, 0.4) is 0 Å². The van der Waals surface area contributed by atoms with Crippen molar-refractivity contribution in [3.8, 4) is 0 Å². The van der Waals surface area contributed by atoms with Crippen LogP contribution in [0, 0.1) is 17.8 Å². The summed E-state index contributed by atoms with van der Waals surface area (Å²) in [4.78, 5) is 18.9. The molecule has 4 rings (SSSR count). The molecule has 1 amide bonds. The first-order chi connectivity index (χ1) is 11.8. The second kappa shape index (κ2) is 7.09. The van der Waals surface area contributed by atoms with E-state index < -0.39 is 0 Å². The predicted molar refractivity (Wildman–Crippen MR) is 93.2 cm³/mol. The average Bonchev–Trinajstić information content (AvgIpc) is 3.26. The molecule has 3 unspecified atom stereocenters. The molecule has 2 aliphatic carbocycles. The van der Waals surface area contributed by atoms with E-state index in [1.54, 1.807) is 6.20 Å². The molecule has 24 heavy (non-hydrogen) atoms. The lowest BCUT2D eigenvalue weighted by atomic mass is 9.86. The molecule has 130 valence electrons. The molecule has 1 aromatic rings. The number of rotatable bonds is 5. The Morgan fingerprint density at radius 3 is 2.79 bits per heavy atom. The number of hydrogen-bond donors (Lipinski definition) is 1. The number of nitrogens with one attached hydrogen (secondary N) is 1. The van der Waals surface area contributed by atoms with Crippen LogP contribution in [0.2, 0.25) is 0 Å². The Labute approximate surface area is 143 Å². The molecular weight excluding hydrogens is 302 g/mol. The highest BCUT2D eigenvalue weighted by Crippen LogP contribution is 2.49. The Kier molecular flexibility index (Phi) is 4.69. The number of ether oxygens (including phenoxy) is 1. The second-order valence-corrected chi connectivity index (χ2v) is 7.48. The summed E-state index contributed by atoms with van der Waals surface area (Å²) < 4.78 is 5.35. The van der Waals surface area contributed by atoms with E-state index in [0.717, 1.165) is 62.8 Å². The summed E-state index contributed by atoms with van der Waals surface area (Å²) in [6, 6.07) is 3.82. The highest BCUT2D eigenvalue weighted by molar-refractivity contribution is 5.94. The van der Waals surface area contributed by atoms with E-state index in [1.165, 1.54) is 25.7 Å². The van der Waals surface area contributed by atoms with Crippen molar-refractivity contribution in [2.45, 2.75) is 32.1 Å². The third kappa shape index (κ3) is 3.41. The van der Waals surface area contributed by atoms with Gasteiger partial charge in [0, 0.05) is 25.8 Å². The van der Waals surface area contributed by atoms with E-state index >= 15 is 0 Å². The van der Waals surface area contributed by atoms with Crippen molar-refractivity contribution in [2.24, 2.45) is 17.8 Å². The fraction of sp³-hybridized carbons (Fsp3) is 0.684. The maximum absolute atomic E-state index is 12.3. The van der Waals surface area contributed by atoms with Crippen LogP contribution in [0.25, 0.3) is 0 Å². The maximum atomic E-state index is 12.3. The first-order valence-corrected chi connectivity index (χ1v) is 9.36. The zero-order valence-electron chi connectivity index (χ0n) is 14.2. The molecule has 3 atom stereocenters. The summed E-state index contributed by atoms with van der Waals surface area (Å²) in [5.74, 6) is 3.68. The van der Waals surface area contributed by atoms with Crippen LogP contribution in [0.5, 0.6) is 0 Å². The lowest BCUT2D eigenvalue weighted by molar-refractivity contribution is 0.0949. The maximum Gasteiger partial charge on any atom is 0.252 e. The van der Waals surface area contributed by atoms with Gasteiger partial charge in [-0.15, -0.1) is 0 Å². The monoisotopic (exact) mass is 329 g/mol. The largest absolute Gasteiger partial charge is 0.378 e. The van der Waals surface area contributed by atoms with Gasteiger partial charge in [0.2, 0.25) is 0 Å². The molecular formula is C19H27N3O2. The Morgan fingerprint density at radius 1 is 1.25 bits per heavy atom. The molecule has 1 aliphatic heterocycles. The fourth-order valence-corrected chi connectivity index (χ4v) is 4.70. The number of hydrogen-bond acceptors (Lipinski definition) is 4. The van der Waals surface area contributed by atoms with E-state index in [-0.39, 0.29) is 5.91 Å². The Bertz CT molecular complexity index is 568. The van der Waals surface area contributed by atoms with Gasteiger partial charge >= 0.3 is 0 Å². The highest BCUT2D eigenvalue weighted by Gasteiger charge is 2.38. The summed E-state index contributed by atoms with van der Waals surface area (Å²) in [5.41, 5.74) is 0.653. The molecule has 3 fully saturated rings. The molecule has 5 heteroatoms. The van der Waals surface area contributed by atoms with Crippen LogP contribution in [-0.2, 0) is 4.74 Å². The van der Waals surface area contributed by atoms with Gasteiger partial charge in [-0.3, -0.25) is 4.79 Å². The summed E-state index contributed by atoms with van der Waals surface area (Å²) in [6.45, 7) is 4.00. The number of pyridine rings is 1. The molecule has 0 radical (unpaired) electrons. The standard InChI is InChI=1S/C19H27N3O2/c23-19(20-6-5-16-12-14-1-2-15(16)11-14)17-3-4-18(21-13-17)22-7-9-24-10-8-22/h3-4,13-16H,1-2,5-12H2,(H,20,23). The first-order valence-electron chi connectivity index (χ1n) is 9.36. The van der Waals surface area contributed by atoms with Gasteiger partial charge in [0.25, 0.3) is 5.91 Å². The number of carbonyl (C=O) groups excluding carboxylic acids is 1. The van der Waals surface area contributed by atoms with Crippen molar-refractivity contribution in [3.05, 3.63) is 23.9 Å². The third-order valence-corrected chi connectivity index (χ3v) is 6.03. The SMILES string of the molecule is O=C(NCCC1CC2CCC1C2)c1ccc(N2CCOCC2)nc1. The molecule has 1 saturated heterocycles. The minimum absolute atomic E-state index is 0.000756. The number of morpholine rings is 1. The van der Waals surface area contributed by atoms with Gasteiger partial charge in [-0.2, -0.15) is 0 Å². The summed E-state index contributed by atoms with van der Waals surface area (Å²) in [6.07, 6.45) is 8.50. The van der Waals surface area contributed by atoms with Crippen LogP contribution in [0.15, 0.2) is 18.3 Å². The molecule has 2 saturated carbocycles. The van der Waals surface area contributed by atoms with E-state index in [1.807, 2.05) is 12.1 Å². The van der Waals surface area contributed by atoms with Gasteiger partial charge in [0.15, 0.2) is 0 Å². The zero-order valence-corrected chi connectivity index (χ0v) is 14.2. The number of aromatic nitrogens is 1. The van der Waals surface area contributed by atoms with E-state index in [9.17, 15) is 4.79 Å². The number of fused-ring (bicyclic) bond motifs is 2. The Morgan fingerprint density at radius 2 is 2.12 bits per heavy atom. The number of anilines is 1.